The maximum Gasteiger partial charge on any atom is 0.352 e. The van der Waals surface area contributed by atoms with E-state index in [-0.39, 0.29) is 23.0 Å². The van der Waals surface area contributed by atoms with Gasteiger partial charge in [0.2, 0.25) is 15.9 Å². The highest BCUT2D eigenvalue weighted by molar-refractivity contribution is 7.89. The molecule has 1 rings (SSSR count). The molecule has 0 saturated heterocycles. The first kappa shape index (κ1) is 17.2. The molecule has 0 aliphatic rings. The number of amides is 1. The number of likely N-dealkylation sites (N-methyl/N-ethyl adjacent to an activating group) is 2. The molecule has 8 nitrogen and oxygen atoms in total. The summed E-state index contributed by atoms with van der Waals surface area (Å²) in [5.41, 5.74) is -0.108. The van der Waals surface area contributed by atoms with Crippen molar-refractivity contribution in [3.05, 3.63) is 18.0 Å². The monoisotopic (exact) mass is 317 g/mol. The molecule has 1 amide bonds. The summed E-state index contributed by atoms with van der Waals surface area (Å²) in [5.74, 6) is -1.57. The Balaban J connectivity index is 3.13. The van der Waals surface area contributed by atoms with E-state index in [4.69, 9.17) is 5.11 Å². The number of hydrogen-bond acceptors (Lipinski definition) is 4. The Morgan fingerprint density at radius 1 is 1.29 bits per heavy atom. The van der Waals surface area contributed by atoms with Gasteiger partial charge in [-0.2, -0.15) is 4.31 Å². The molecule has 118 valence electrons. The van der Waals surface area contributed by atoms with Crippen molar-refractivity contribution in [3.63, 3.8) is 0 Å². The van der Waals surface area contributed by atoms with Gasteiger partial charge in [-0.1, -0.05) is 0 Å². The van der Waals surface area contributed by atoms with E-state index in [9.17, 15) is 18.0 Å². The number of carbonyl (C=O) groups excluding carboxylic acids is 1. The van der Waals surface area contributed by atoms with Gasteiger partial charge < -0.3 is 14.6 Å². The molecule has 0 bridgehead atoms. The van der Waals surface area contributed by atoms with Crippen molar-refractivity contribution in [2.75, 3.05) is 27.7 Å². The van der Waals surface area contributed by atoms with E-state index in [1.165, 1.54) is 36.8 Å². The van der Waals surface area contributed by atoms with Crippen molar-refractivity contribution in [3.8, 4) is 0 Å². The lowest BCUT2D eigenvalue weighted by atomic mass is 10.4. The Morgan fingerprint density at radius 2 is 1.86 bits per heavy atom. The first-order valence-electron chi connectivity index (χ1n) is 6.21. The predicted molar refractivity (Wildman–Crippen MR) is 75.6 cm³/mol. The van der Waals surface area contributed by atoms with Crippen LogP contribution in [0, 0.1) is 0 Å². The van der Waals surface area contributed by atoms with Crippen molar-refractivity contribution in [2.24, 2.45) is 0 Å². The number of carbonyl (C=O) groups is 2. The molecule has 1 heterocycles. The molecule has 9 heteroatoms. The molecule has 0 spiro atoms. The molecule has 1 aromatic rings. The quantitative estimate of drug-likeness (QED) is 0.790. The molecule has 21 heavy (non-hydrogen) atoms. The average molecular weight is 317 g/mol. The van der Waals surface area contributed by atoms with E-state index in [0.29, 0.717) is 6.54 Å². The third-order valence-corrected chi connectivity index (χ3v) is 4.76. The minimum atomic E-state index is -3.91. The van der Waals surface area contributed by atoms with Crippen molar-refractivity contribution in [1.82, 2.24) is 13.8 Å². The van der Waals surface area contributed by atoms with Gasteiger partial charge in [-0.3, -0.25) is 4.79 Å². The fourth-order valence-corrected chi connectivity index (χ4v) is 2.82. The fourth-order valence-electron chi connectivity index (χ4n) is 1.66. The molecule has 0 saturated carbocycles. The number of nitrogens with zero attached hydrogens (tertiary/aromatic N) is 3. The number of rotatable bonds is 6. The molecule has 0 aromatic carbocycles. The molecule has 0 fully saturated rings. The number of carboxylic acids is 1. The minimum absolute atomic E-state index is 0.108. The fraction of sp³-hybridized carbons (Fsp3) is 0.500. The van der Waals surface area contributed by atoms with Crippen LogP contribution in [0.1, 0.15) is 17.4 Å². The van der Waals surface area contributed by atoms with Gasteiger partial charge in [0.05, 0.1) is 6.54 Å². The van der Waals surface area contributed by atoms with E-state index in [2.05, 4.69) is 0 Å². The summed E-state index contributed by atoms with van der Waals surface area (Å²) < 4.78 is 26.9. The molecule has 1 N–H and O–H groups in total. The largest absolute Gasteiger partial charge is 0.477 e. The Labute approximate surface area is 123 Å². The number of sulfonamides is 1. The molecule has 0 aliphatic heterocycles. The minimum Gasteiger partial charge on any atom is -0.477 e. The summed E-state index contributed by atoms with van der Waals surface area (Å²) in [6, 6.07) is 1.10. The van der Waals surface area contributed by atoms with Crippen LogP contribution in [0.15, 0.2) is 17.2 Å². The molecule has 1 aromatic heterocycles. The summed E-state index contributed by atoms with van der Waals surface area (Å²) in [6.07, 6.45) is 1.26. The Hall–Kier alpha value is -1.87. The van der Waals surface area contributed by atoms with Crippen LogP contribution in [-0.2, 0) is 21.4 Å². The van der Waals surface area contributed by atoms with E-state index in [1.807, 2.05) is 0 Å². The van der Waals surface area contributed by atoms with Gasteiger partial charge in [0.25, 0.3) is 0 Å². The van der Waals surface area contributed by atoms with Crippen LogP contribution >= 0.6 is 0 Å². The maximum atomic E-state index is 12.3. The lowest BCUT2D eigenvalue weighted by molar-refractivity contribution is -0.128. The number of carboxylic acid groups (broad SMARTS) is 1. The van der Waals surface area contributed by atoms with Crippen LogP contribution in [-0.4, -0.2) is 66.9 Å². The van der Waals surface area contributed by atoms with Crippen molar-refractivity contribution < 1.29 is 23.1 Å². The normalized spacial score (nSPS) is 11.7. The van der Waals surface area contributed by atoms with Crippen LogP contribution < -0.4 is 0 Å². The number of aromatic carboxylic acids is 1. The highest BCUT2D eigenvalue weighted by Crippen LogP contribution is 2.18. The highest BCUT2D eigenvalue weighted by Gasteiger charge is 2.26. The maximum absolute atomic E-state index is 12.3. The van der Waals surface area contributed by atoms with Crippen molar-refractivity contribution in [1.29, 1.82) is 0 Å². The third kappa shape index (κ3) is 3.61. The van der Waals surface area contributed by atoms with Gasteiger partial charge >= 0.3 is 5.97 Å². The smallest absolute Gasteiger partial charge is 0.352 e. The average Bonchev–Trinajstić information content (AvgIpc) is 2.83. The van der Waals surface area contributed by atoms with Gasteiger partial charge in [-0.25, -0.2) is 13.2 Å². The Kier molecular flexibility index (Phi) is 5.13. The van der Waals surface area contributed by atoms with Crippen LogP contribution in [0.4, 0.5) is 0 Å². The van der Waals surface area contributed by atoms with E-state index in [1.54, 1.807) is 6.92 Å². The number of aryl methyl sites for hydroxylation is 1. The second-order valence-electron chi connectivity index (χ2n) is 4.70. The zero-order valence-corrected chi connectivity index (χ0v) is 13.2. The third-order valence-electron chi connectivity index (χ3n) is 3.00. The summed E-state index contributed by atoms with van der Waals surface area (Å²) >= 11 is 0. The van der Waals surface area contributed by atoms with Gasteiger partial charge in [-0.15, -0.1) is 0 Å². The van der Waals surface area contributed by atoms with E-state index in [0.717, 1.165) is 10.4 Å². The Bertz CT molecular complexity index is 648. The van der Waals surface area contributed by atoms with Gasteiger partial charge in [0.15, 0.2) is 0 Å². The summed E-state index contributed by atoms with van der Waals surface area (Å²) in [4.78, 5) is 23.8. The summed E-state index contributed by atoms with van der Waals surface area (Å²) in [6.45, 7) is 1.73. The van der Waals surface area contributed by atoms with Crippen molar-refractivity contribution in [2.45, 2.75) is 18.4 Å². The highest BCUT2D eigenvalue weighted by atomic mass is 32.2. The van der Waals surface area contributed by atoms with Crippen LogP contribution in [0.3, 0.4) is 0 Å². The first-order chi connectivity index (χ1) is 9.61. The molecule has 0 atom stereocenters. The number of aromatic nitrogens is 1. The van der Waals surface area contributed by atoms with E-state index >= 15 is 0 Å². The van der Waals surface area contributed by atoms with Crippen LogP contribution in [0.25, 0.3) is 0 Å². The summed E-state index contributed by atoms with van der Waals surface area (Å²) in [7, 11) is 0.420. The van der Waals surface area contributed by atoms with Crippen molar-refractivity contribution >= 4 is 21.9 Å². The molecule has 0 radical (unpaired) electrons. The zero-order valence-electron chi connectivity index (χ0n) is 12.4. The van der Waals surface area contributed by atoms with Gasteiger partial charge in [-0.05, 0) is 13.0 Å². The Morgan fingerprint density at radius 3 is 2.24 bits per heavy atom. The lowest BCUT2D eigenvalue weighted by Crippen LogP contribution is -2.37. The van der Waals surface area contributed by atoms with Gasteiger partial charge in [0, 0.05) is 33.9 Å². The first-order valence-corrected chi connectivity index (χ1v) is 7.65. The number of hydrogen-bond donors (Lipinski definition) is 1. The second kappa shape index (κ2) is 6.27. The molecule has 0 aliphatic carbocycles. The zero-order chi connectivity index (χ0) is 16.4. The predicted octanol–water partition coefficient (Wildman–Crippen LogP) is -0.0851. The second-order valence-corrected chi connectivity index (χ2v) is 6.75. The summed E-state index contributed by atoms with van der Waals surface area (Å²) in [5, 5.41) is 9.04. The standard InChI is InChI=1S/C12H19N3O5S/c1-5-15-7-9(6-10(15)12(17)18)21(19,20)14(4)8-11(16)13(2)3/h6-7H,5,8H2,1-4H3,(H,17,18). The lowest BCUT2D eigenvalue weighted by Gasteiger charge is -2.18. The molecule has 0 unspecified atom stereocenters. The van der Waals surface area contributed by atoms with E-state index < -0.39 is 16.0 Å². The van der Waals surface area contributed by atoms with Crippen LogP contribution in [0.2, 0.25) is 0 Å². The topological polar surface area (TPSA) is 99.9 Å². The van der Waals surface area contributed by atoms with Gasteiger partial charge in [0.1, 0.15) is 10.6 Å². The molecular weight excluding hydrogens is 298 g/mol. The van der Waals surface area contributed by atoms with Crippen LogP contribution in [0.5, 0.6) is 0 Å². The SMILES string of the molecule is CCn1cc(S(=O)(=O)N(C)CC(=O)N(C)C)cc1C(=O)O. The molecular formula is C12H19N3O5S.